The number of hydrogen-bond donors (Lipinski definition) is 7. The van der Waals surface area contributed by atoms with Gasteiger partial charge in [0, 0.05) is 6.61 Å². The molecule has 37 heavy (non-hydrogen) atoms. The van der Waals surface area contributed by atoms with Gasteiger partial charge in [0.25, 0.3) is 0 Å². The highest BCUT2D eigenvalue weighted by atomic mass is 16.7. The normalized spacial score (nSPS) is 36.4. The number of rotatable bonds is 16. The molecule has 0 spiro atoms. The molecular weight excluding hydrogens is 496 g/mol. The fourth-order valence-corrected chi connectivity index (χ4v) is 4.43. The summed E-state index contributed by atoms with van der Waals surface area (Å²) in [5.74, 6) is -3.24. The molecule has 13 nitrogen and oxygen atoms in total. The van der Waals surface area contributed by atoms with Crippen LogP contribution in [0, 0.1) is 0 Å². The van der Waals surface area contributed by atoms with Crippen molar-refractivity contribution in [3.05, 3.63) is 0 Å². The van der Waals surface area contributed by atoms with Crippen LogP contribution in [0.5, 0.6) is 0 Å². The van der Waals surface area contributed by atoms with Gasteiger partial charge in [-0.2, -0.15) is 0 Å². The Labute approximate surface area is 215 Å². The van der Waals surface area contributed by atoms with Crippen molar-refractivity contribution in [2.45, 2.75) is 133 Å². The zero-order chi connectivity index (χ0) is 27.5. The second kappa shape index (κ2) is 15.9. The van der Waals surface area contributed by atoms with Crippen LogP contribution in [0.1, 0.15) is 71.1 Å². The van der Waals surface area contributed by atoms with Crippen molar-refractivity contribution < 1.29 is 64.3 Å². The summed E-state index contributed by atoms with van der Waals surface area (Å²) in [7, 11) is 0. The van der Waals surface area contributed by atoms with Gasteiger partial charge in [-0.3, -0.25) is 0 Å². The summed E-state index contributed by atoms with van der Waals surface area (Å²) in [5.41, 5.74) is 0. The molecule has 2 heterocycles. The lowest BCUT2D eigenvalue weighted by Gasteiger charge is -2.44. The molecule has 10 unspecified atom stereocenters. The van der Waals surface area contributed by atoms with E-state index >= 15 is 0 Å². The minimum absolute atomic E-state index is 0.164. The molecule has 0 radical (unpaired) electrons. The van der Waals surface area contributed by atoms with Gasteiger partial charge in [0.2, 0.25) is 0 Å². The second-order valence-corrected chi connectivity index (χ2v) is 9.63. The fraction of sp³-hybridized carbons (Fsp3) is 0.917. The standard InChI is InChI=1S/C24H42O13/c1-2-3-4-5-6-7-8-9-10-11-12-34-23-17(29)15(27)18(20(37-23)22(32)33)35-24-16(28)13(25)14(26)19(36-24)21(30)31/h13-20,23-29H,2-12H2,1H3,(H,30,31)(H,32,33). The molecule has 0 bridgehead atoms. The van der Waals surface area contributed by atoms with E-state index in [4.69, 9.17) is 24.1 Å². The largest absolute Gasteiger partial charge is 0.479 e. The first-order valence-electron chi connectivity index (χ1n) is 13.0. The number of unbranched alkanes of at least 4 members (excludes halogenated alkanes) is 9. The van der Waals surface area contributed by atoms with Crippen LogP contribution in [0.4, 0.5) is 0 Å². The van der Waals surface area contributed by atoms with Gasteiger partial charge in [-0.25, -0.2) is 9.59 Å². The molecule has 13 heteroatoms. The molecule has 2 aliphatic heterocycles. The van der Waals surface area contributed by atoms with E-state index in [9.17, 15) is 40.2 Å². The van der Waals surface area contributed by atoms with Gasteiger partial charge in [0.15, 0.2) is 24.8 Å². The zero-order valence-corrected chi connectivity index (χ0v) is 21.1. The predicted octanol–water partition coefficient (Wildman–Crippen LogP) is -0.267. The quantitative estimate of drug-likeness (QED) is 0.126. The first-order valence-corrected chi connectivity index (χ1v) is 13.0. The lowest BCUT2D eigenvalue weighted by atomic mass is 9.96. The number of carbonyl (C=O) groups is 2. The van der Waals surface area contributed by atoms with Gasteiger partial charge >= 0.3 is 11.9 Å². The highest BCUT2D eigenvalue weighted by molar-refractivity contribution is 5.74. The molecule has 2 saturated heterocycles. The molecule has 0 aliphatic carbocycles. The Morgan fingerprint density at radius 2 is 1.11 bits per heavy atom. The highest BCUT2D eigenvalue weighted by Crippen LogP contribution is 2.30. The Bertz CT molecular complexity index is 692. The van der Waals surface area contributed by atoms with Gasteiger partial charge in [-0.15, -0.1) is 0 Å². The van der Waals surface area contributed by atoms with Crippen molar-refractivity contribution >= 4 is 11.9 Å². The molecular formula is C24H42O13. The average Bonchev–Trinajstić information content (AvgIpc) is 2.86. The minimum Gasteiger partial charge on any atom is -0.479 e. The first kappa shape index (κ1) is 31.8. The fourth-order valence-electron chi connectivity index (χ4n) is 4.43. The molecule has 0 aromatic carbocycles. The maximum absolute atomic E-state index is 11.8. The van der Waals surface area contributed by atoms with E-state index in [-0.39, 0.29) is 6.61 Å². The average molecular weight is 539 g/mol. The SMILES string of the molecule is CCCCCCCCCCCCOC1OC(C(=O)O)C(OC2OC(C(=O)O)C(O)C(O)C2O)C(O)C1O. The molecule has 0 aromatic rings. The number of ether oxygens (including phenoxy) is 4. The molecule has 0 aromatic heterocycles. The molecule has 2 rings (SSSR count). The first-order chi connectivity index (χ1) is 17.6. The number of aliphatic carboxylic acids is 2. The number of carboxylic acids is 2. The third-order valence-electron chi connectivity index (χ3n) is 6.67. The molecule has 216 valence electrons. The van der Waals surface area contributed by atoms with Crippen LogP contribution in [0.15, 0.2) is 0 Å². The van der Waals surface area contributed by atoms with Crippen molar-refractivity contribution in [3.63, 3.8) is 0 Å². The Morgan fingerprint density at radius 1 is 0.622 bits per heavy atom. The number of aliphatic hydroxyl groups excluding tert-OH is 5. The van der Waals surface area contributed by atoms with Crippen molar-refractivity contribution in [1.82, 2.24) is 0 Å². The van der Waals surface area contributed by atoms with E-state index in [1.807, 2.05) is 0 Å². The van der Waals surface area contributed by atoms with E-state index in [2.05, 4.69) is 6.92 Å². The summed E-state index contributed by atoms with van der Waals surface area (Å²) in [6.07, 6.45) is -7.60. The Morgan fingerprint density at radius 3 is 1.65 bits per heavy atom. The highest BCUT2D eigenvalue weighted by Gasteiger charge is 2.53. The maximum atomic E-state index is 11.8. The van der Waals surface area contributed by atoms with Gasteiger partial charge < -0.3 is 54.7 Å². The van der Waals surface area contributed by atoms with E-state index < -0.39 is 73.4 Å². The topological polar surface area (TPSA) is 213 Å². The van der Waals surface area contributed by atoms with E-state index in [1.54, 1.807) is 0 Å². The van der Waals surface area contributed by atoms with Gasteiger partial charge in [0.1, 0.15) is 36.6 Å². The maximum Gasteiger partial charge on any atom is 0.335 e. The summed E-state index contributed by atoms with van der Waals surface area (Å²) >= 11 is 0. The van der Waals surface area contributed by atoms with Crippen LogP contribution < -0.4 is 0 Å². The Kier molecular flexibility index (Phi) is 13.6. The second-order valence-electron chi connectivity index (χ2n) is 9.63. The third-order valence-corrected chi connectivity index (χ3v) is 6.67. The van der Waals surface area contributed by atoms with Crippen LogP contribution in [-0.4, -0.2) is 116 Å². The zero-order valence-electron chi connectivity index (χ0n) is 21.1. The summed E-state index contributed by atoms with van der Waals surface area (Å²) in [4.78, 5) is 23.1. The summed E-state index contributed by atoms with van der Waals surface area (Å²) in [6.45, 7) is 2.35. The van der Waals surface area contributed by atoms with E-state index in [1.165, 1.54) is 38.5 Å². The number of carboxylic acid groups (broad SMARTS) is 2. The molecule has 2 fully saturated rings. The number of aliphatic hydroxyl groups is 5. The van der Waals surface area contributed by atoms with E-state index in [0.717, 1.165) is 19.3 Å². The van der Waals surface area contributed by atoms with Crippen LogP contribution >= 0.6 is 0 Å². The smallest absolute Gasteiger partial charge is 0.335 e. The molecule has 2 aliphatic rings. The molecule has 0 saturated carbocycles. The third kappa shape index (κ3) is 9.08. The summed E-state index contributed by atoms with van der Waals surface area (Å²) < 4.78 is 21.0. The van der Waals surface area contributed by atoms with Crippen LogP contribution in [0.2, 0.25) is 0 Å². The van der Waals surface area contributed by atoms with Crippen LogP contribution in [0.25, 0.3) is 0 Å². The minimum atomic E-state index is -1.99. The van der Waals surface area contributed by atoms with Crippen molar-refractivity contribution in [2.75, 3.05) is 6.61 Å². The van der Waals surface area contributed by atoms with Crippen molar-refractivity contribution in [3.8, 4) is 0 Å². The Balaban J connectivity index is 1.84. The number of hydrogen-bond acceptors (Lipinski definition) is 11. The Hall–Kier alpha value is -1.42. The lowest BCUT2D eigenvalue weighted by molar-refractivity contribution is -0.350. The molecule has 7 N–H and O–H groups in total. The predicted molar refractivity (Wildman–Crippen MR) is 125 cm³/mol. The van der Waals surface area contributed by atoms with Gasteiger partial charge in [-0.05, 0) is 6.42 Å². The summed E-state index contributed by atoms with van der Waals surface area (Å²) in [5, 5.41) is 69.6. The van der Waals surface area contributed by atoms with Gasteiger partial charge in [-0.1, -0.05) is 64.7 Å². The lowest BCUT2D eigenvalue weighted by Crippen LogP contribution is -2.65. The monoisotopic (exact) mass is 538 g/mol. The summed E-state index contributed by atoms with van der Waals surface area (Å²) in [6, 6.07) is 0. The molecule has 10 atom stereocenters. The van der Waals surface area contributed by atoms with Crippen molar-refractivity contribution in [1.29, 1.82) is 0 Å². The van der Waals surface area contributed by atoms with Crippen LogP contribution in [-0.2, 0) is 28.5 Å². The van der Waals surface area contributed by atoms with Crippen molar-refractivity contribution in [2.24, 2.45) is 0 Å². The van der Waals surface area contributed by atoms with E-state index in [0.29, 0.717) is 6.42 Å². The molecule has 0 amide bonds. The van der Waals surface area contributed by atoms with Gasteiger partial charge in [0.05, 0.1) is 0 Å². The van der Waals surface area contributed by atoms with Crippen LogP contribution in [0.3, 0.4) is 0 Å².